The Morgan fingerprint density at radius 2 is 0.964 bits per heavy atom. The Morgan fingerprint density at radius 1 is 0.518 bits per heavy atom. The van der Waals surface area contributed by atoms with Gasteiger partial charge in [-0.2, -0.15) is 0 Å². The van der Waals surface area contributed by atoms with E-state index < -0.39 is 0 Å². The zero-order chi connectivity index (χ0) is 39.6. The van der Waals surface area contributed by atoms with Gasteiger partial charge < -0.3 is 15.1 Å². The summed E-state index contributed by atoms with van der Waals surface area (Å²) in [6, 6.07) is 28.3. The van der Waals surface area contributed by atoms with Crippen molar-refractivity contribution < 1.29 is 9.59 Å². The van der Waals surface area contributed by atoms with Crippen molar-refractivity contribution in [2.45, 2.75) is 125 Å². The molecule has 7 heteroatoms. The highest BCUT2D eigenvalue weighted by Gasteiger charge is 2.50. The molecular formula is C49H63N3O2S2. The van der Waals surface area contributed by atoms with Crippen LogP contribution in [0, 0.1) is 11.8 Å². The van der Waals surface area contributed by atoms with Gasteiger partial charge in [0.2, 0.25) is 0 Å². The molecule has 3 unspecified atom stereocenters. The van der Waals surface area contributed by atoms with Crippen molar-refractivity contribution in [2.24, 2.45) is 11.8 Å². The van der Waals surface area contributed by atoms with Gasteiger partial charge in [0.25, 0.3) is 11.8 Å². The summed E-state index contributed by atoms with van der Waals surface area (Å²) in [7, 11) is 0. The predicted octanol–water partition coefficient (Wildman–Crippen LogP) is 13.8. The molecule has 2 aromatic carbocycles. The van der Waals surface area contributed by atoms with Crippen LogP contribution in [0.15, 0.2) is 90.0 Å². The van der Waals surface area contributed by atoms with E-state index in [1.165, 1.54) is 19.3 Å². The minimum absolute atomic E-state index is 0.0222. The normalized spacial score (nSPS) is 16.0. The lowest BCUT2D eigenvalue weighted by molar-refractivity contribution is -0.124. The van der Waals surface area contributed by atoms with Gasteiger partial charge in [0.15, 0.2) is 0 Å². The number of anilines is 1. The average Bonchev–Trinajstić information content (AvgIpc) is 4.03. The molecule has 0 radical (unpaired) electrons. The quantitative estimate of drug-likeness (QED) is 0.0863. The van der Waals surface area contributed by atoms with Crippen molar-refractivity contribution in [3.8, 4) is 20.9 Å². The number of benzene rings is 2. The van der Waals surface area contributed by atoms with Crippen LogP contribution in [0.3, 0.4) is 0 Å². The number of hydrogen-bond donors (Lipinski definition) is 1. The number of hydrogen-bond acceptors (Lipinski definition) is 5. The number of rotatable bonds is 22. The van der Waals surface area contributed by atoms with Gasteiger partial charge in [0.05, 0.1) is 32.3 Å². The van der Waals surface area contributed by atoms with Gasteiger partial charge in [-0.3, -0.25) is 9.59 Å². The molecule has 4 heterocycles. The number of fused-ring (bicyclic) bond motifs is 1. The second-order valence-electron chi connectivity index (χ2n) is 15.8. The lowest BCUT2D eigenvalue weighted by Gasteiger charge is -2.29. The molecule has 4 aromatic rings. The highest BCUT2D eigenvalue weighted by molar-refractivity contribution is 7.17. The Hall–Kier alpha value is -3.94. The van der Waals surface area contributed by atoms with Crippen LogP contribution in [0.4, 0.5) is 5.69 Å². The van der Waals surface area contributed by atoms with Gasteiger partial charge in [-0.1, -0.05) is 135 Å². The Balaban J connectivity index is 1.44. The van der Waals surface area contributed by atoms with E-state index in [0.717, 1.165) is 106 Å². The highest BCUT2D eigenvalue weighted by atomic mass is 32.1. The number of nitrogens with zero attached hydrogens (tertiary/aromatic N) is 2. The van der Waals surface area contributed by atoms with Crippen LogP contribution < -0.4 is 5.32 Å². The van der Waals surface area contributed by atoms with E-state index in [1.54, 1.807) is 22.7 Å². The monoisotopic (exact) mass is 789 g/mol. The van der Waals surface area contributed by atoms with Crippen LogP contribution in [0.5, 0.6) is 0 Å². The molecule has 1 N–H and O–H groups in total. The first-order chi connectivity index (χ1) is 27.3. The maximum absolute atomic E-state index is 15.1. The number of nitrogens with one attached hydrogen (secondary N) is 1. The minimum Gasteiger partial charge on any atom is -0.382 e. The molecule has 2 amide bonds. The molecule has 3 atom stereocenters. The molecule has 0 aliphatic carbocycles. The van der Waals surface area contributed by atoms with Gasteiger partial charge in [0.1, 0.15) is 0 Å². The summed E-state index contributed by atoms with van der Waals surface area (Å²) < 4.78 is 0. The fourth-order valence-corrected chi connectivity index (χ4v) is 10.4. The van der Waals surface area contributed by atoms with E-state index in [1.807, 2.05) is 15.9 Å². The number of carbonyl (C=O) groups is 2. The highest BCUT2D eigenvalue weighted by Crippen LogP contribution is 2.50. The number of carbonyl (C=O) groups excluding carboxylic acids is 2. The Morgan fingerprint density at radius 3 is 1.41 bits per heavy atom. The summed E-state index contributed by atoms with van der Waals surface area (Å²) in [5.74, 6) is 0.676. The number of unbranched alkanes of at least 4 members (excludes halogenated alkanes) is 3. The average molecular weight is 790 g/mol. The second-order valence-corrected chi connectivity index (χ2v) is 17.9. The van der Waals surface area contributed by atoms with Crippen molar-refractivity contribution in [3.05, 3.63) is 99.8 Å². The van der Waals surface area contributed by atoms with Gasteiger partial charge in [-0.05, 0) is 85.0 Å². The molecule has 2 aliphatic heterocycles. The maximum atomic E-state index is 15.1. The fraction of sp³-hybridized carbons (Fsp3) is 0.469. The van der Waals surface area contributed by atoms with Crippen molar-refractivity contribution >= 4 is 51.6 Å². The molecule has 2 aliphatic rings. The third kappa shape index (κ3) is 9.26. The SMILES string of the molecule is CCCCC(CC)CN1C(=O)C2=C(c3ccc(-c4ccc(NC(CC)CCCC)cc4)s3)N(CC(CC)CCCC)C(=O)C2=C1c1ccc(-c2ccccc2)s1. The molecule has 0 fully saturated rings. The van der Waals surface area contributed by atoms with E-state index in [2.05, 4.69) is 120 Å². The van der Waals surface area contributed by atoms with E-state index in [-0.39, 0.29) is 11.8 Å². The molecule has 2 aromatic heterocycles. The molecule has 0 spiro atoms. The lowest BCUT2D eigenvalue weighted by atomic mass is 9.98. The summed E-state index contributed by atoms with van der Waals surface area (Å²) >= 11 is 3.38. The molecule has 6 rings (SSSR count). The van der Waals surface area contributed by atoms with Crippen LogP contribution in [-0.4, -0.2) is 40.7 Å². The topological polar surface area (TPSA) is 52.7 Å². The van der Waals surface area contributed by atoms with Crippen molar-refractivity contribution in [2.75, 3.05) is 18.4 Å². The van der Waals surface area contributed by atoms with Crippen LogP contribution in [0.25, 0.3) is 32.3 Å². The minimum atomic E-state index is -0.0222. The zero-order valence-corrected chi connectivity index (χ0v) is 36.3. The standard InChI is InChI=1S/C49H63N3O2S2/c1-7-13-19-34(10-4)32-51-46(42-30-28-40(55-42)36-21-17-16-18-22-36)44-45(49(51)54)47(52(48(44)53)33-35(11-5)20-14-8-2)43-31-29-41(56-43)37-24-26-39(27-25-37)50-38(12-6)23-15-9-3/h16-18,21-22,24-31,34-35,38,50H,7-15,19-20,23,32-33H2,1-6H3. The number of amides is 2. The van der Waals surface area contributed by atoms with Crippen LogP contribution in [0.2, 0.25) is 0 Å². The third-order valence-corrected chi connectivity index (χ3v) is 14.1. The Labute approximate surface area is 344 Å². The van der Waals surface area contributed by atoms with E-state index >= 15 is 9.59 Å². The van der Waals surface area contributed by atoms with Crippen molar-refractivity contribution in [1.82, 2.24) is 9.80 Å². The summed E-state index contributed by atoms with van der Waals surface area (Å²) in [5, 5.41) is 3.74. The molecule has 0 saturated carbocycles. The van der Waals surface area contributed by atoms with E-state index in [9.17, 15) is 0 Å². The summed E-state index contributed by atoms with van der Waals surface area (Å²) in [4.78, 5) is 38.5. The number of thiophene rings is 2. The summed E-state index contributed by atoms with van der Waals surface area (Å²) in [5.41, 5.74) is 6.26. The molecule has 298 valence electrons. The lowest BCUT2D eigenvalue weighted by Crippen LogP contribution is -2.34. The van der Waals surface area contributed by atoms with Crippen LogP contribution >= 0.6 is 22.7 Å². The van der Waals surface area contributed by atoms with Gasteiger partial charge in [0, 0.05) is 34.6 Å². The first-order valence-corrected chi connectivity index (χ1v) is 23.2. The smallest absolute Gasteiger partial charge is 0.261 e. The predicted molar refractivity (Wildman–Crippen MR) is 241 cm³/mol. The summed E-state index contributed by atoms with van der Waals surface area (Å²) in [6.45, 7) is 14.7. The molecule has 0 bridgehead atoms. The maximum Gasteiger partial charge on any atom is 0.261 e. The molecule has 56 heavy (non-hydrogen) atoms. The zero-order valence-electron chi connectivity index (χ0n) is 34.7. The van der Waals surface area contributed by atoms with Gasteiger partial charge in [-0.25, -0.2) is 0 Å². The Bertz CT molecular complexity index is 1970. The largest absolute Gasteiger partial charge is 0.382 e. The molecule has 5 nitrogen and oxygen atoms in total. The Kier molecular flexibility index (Phi) is 14.9. The van der Waals surface area contributed by atoms with Gasteiger partial charge >= 0.3 is 0 Å². The third-order valence-electron chi connectivity index (χ3n) is 11.8. The molecular weight excluding hydrogens is 727 g/mol. The van der Waals surface area contributed by atoms with Crippen molar-refractivity contribution in [1.29, 1.82) is 0 Å². The fourth-order valence-electron chi connectivity index (χ4n) is 8.25. The van der Waals surface area contributed by atoms with E-state index in [4.69, 9.17) is 0 Å². The molecule has 0 saturated heterocycles. The summed E-state index contributed by atoms with van der Waals surface area (Å²) in [6.07, 6.45) is 13.4. The van der Waals surface area contributed by atoms with Crippen LogP contribution in [-0.2, 0) is 9.59 Å². The van der Waals surface area contributed by atoms with Gasteiger partial charge in [-0.15, -0.1) is 22.7 Å². The van der Waals surface area contributed by atoms with Crippen molar-refractivity contribution in [3.63, 3.8) is 0 Å². The first-order valence-electron chi connectivity index (χ1n) is 21.6. The second kappa shape index (κ2) is 20.0. The van der Waals surface area contributed by atoms with Crippen LogP contribution in [0.1, 0.15) is 128 Å². The first kappa shape index (κ1) is 41.7. The van der Waals surface area contributed by atoms with E-state index in [0.29, 0.717) is 42.1 Å².